The fraction of sp³-hybridized carbons (Fsp3) is 0.500. The number of benzene rings is 1. The largest absolute Gasteiger partial charge is 0.493 e. The van der Waals surface area contributed by atoms with E-state index < -0.39 is 0 Å². The minimum absolute atomic E-state index is 0.521. The summed E-state index contributed by atoms with van der Waals surface area (Å²) in [6.07, 6.45) is 2.07. The molecule has 1 aliphatic rings. The monoisotopic (exact) mass is 210 g/mol. The van der Waals surface area contributed by atoms with E-state index in [0.717, 1.165) is 25.2 Å². The maximum Gasteiger partial charge on any atom is 0.125 e. The summed E-state index contributed by atoms with van der Waals surface area (Å²) in [5, 5.41) is 0. The Labute approximate surface area is 90.0 Å². The van der Waals surface area contributed by atoms with Crippen LogP contribution in [0.15, 0.2) is 18.2 Å². The van der Waals surface area contributed by atoms with Gasteiger partial charge in [-0.2, -0.15) is 0 Å². The quantitative estimate of drug-likeness (QED) is 0.697. The van der Waals surface area contributed by atoms with E-state index >= 15 is 0 Å². The minimum Gasteiger partial charge on any atom is -0.493 e. The molecule has 0 aliphatic carbocycles. The van der Waals surface area contributed by atoms with Crippen molar-refractivity contribution < 1.29 is 4.74 Å². The number of ether oxygens (including phenoxy) is 1. The molecule has 0 saturated heterocycles. The van der Waals surface area contributed by atoms with E-state index in [1.807, 2.05) is 0 Å². The van der Waals surface area contributed by atoms with Gasteiger partial charge in [0.25, 0.3) is 0 Å². The Morgan fingerprint density at radius 2 is 2.36 bits per heavy atom. The van der Waals surface area contributed by atoms with Crippen molar-refractivity contribution in [2.75, 3.05) is 12.5 Å². The third kappa shape index (κ3) is 1.88. The summed E-state index contributed by atoms with van der Waals surface area (Å²) >= 11 is 5.81. The number of hydrogen-bond donors (Lipinski definition) is 0. The first-order valence-corrected chi connectivity index (χ1v) is 5.64. The fourth-order valence-corrected chi connectivity index (χ4v) is 1.98. The molecule has 1 aromatic carbocycles. The van der Waals surface area contributed by atoms with E-state index in [4.69, 9.17) is 16.3 Å². The zero-order valence-electron chi connectivity index (χ0n) is 8.42. The van der Waals surface area contributed by atoms with Crippen molar-refractivity contribution in [1.82, 2.24) is 0 Å². The molecular weight excluding hydrogens is 196 g/mol. The van der Waals surface area contributed by atoms with Gasteiger partial charge in [-0.1, -0.05) is 25.1 Å². The van der Waals surface area contributed by atoms with E-state index in [9.17, 15) is 0 Å². The summed E-state index contributed by atoms with van der Waals surface area (Å²) in [5.41, 5.74) is 2.66. The molecule has 2 rings (SSSR count). The van der Waals surface area contributed by atoms with Crippen molar-refractivity contribution in [2.45, 2.75) is 19.8 Å². The zero-order valence-corrected chi connectivity index (χ0v) is 9.18. The van der Waals surface area contributed by atoms with Gasteiger partial charge in [0.1, 0.15) is 5.75 Å². The van der Waals surface area contributed by atoms with Gasteiger partial charge in [-0.15, -0.1) is 11.6 Å². The predicted molar refractivity (Wildman–Crippen MR) is 59.2 cm³/mol. The summed E-state index contributed by atoms with van der Waals surface area (Å²) in [4.78, 5) is 0. The Kier molecular flexibility index (Phi) is 2.97. The summed E-state index contributed by atoms with van der Waals surface area (Å²) in [7, 11) is 0. The molecule has 0 aromatic heterocycles. The van der Waals surface area contributed by atoms with Gasteiger partial charge in [0.2, 0.25) is 0 Å². The van der Waals surface area contributed by atoms with Crippen molar-refractivity contribution in [1.29, 1.82) is 0 Å². The zero-order chi connectivity index (χ0) is 9.97. The van der Waals surface area contributed by atoms with Crippen LogP contribution in [0.2, 0.25) is 0 Å². The number of halogens is 1. The molecule has 0 saturated carbocycles. The van der Waals surface area contributed by atoms with Gasteiger partial charge in [0.15, 0.2) is 0 Å². The van der Waals surface area contributed by atoms with Crippen LogP contribution in [0, 0.1) is 5.92 Å². The molecule has 0 spiro atoms. The molecule has 1 nitrogen and oxygen atoms in total. The van der Waals surface area contributed by atoms with E-state index in [0.29, 0.717) is 11.8 Å². The van der Waals surface area contributed by atoms with Gasteiger partial charge in [0, 0.05) is 12.3 Å². The second-order valence-corrected chi connectivity index (χ2v) is 4.28. The second kappa shape index (κ2) is 4.22. The van der Waals surface area contributed by atoms with Crippen molar-refractivity contribution in [3.63, 3.8) is 0 Å². The number of fused-ring (bicyclic) bond motifs is 1. The highest BCUT2D eigenvalue weighted by molar-refractivity contribution is 6.18. The smallest absolute Gasteiger partial charge is 0.125 e. The van der Waals surface area contributed by atoms with E-state index in [1.165, 1.54) is 11.1 Å². The highest BCUT2D eigenvalue weighted by Gasteiger charge is 2.16. The molecular formula is C12H15ClO. The Morgan fingerprint density at radius 3 is 3.14 bits per heavy atom. The van der Waals surface area contributed by atoms with Gasteiger partial charge >= 0.3 is 0 Å². The lowest BCUT2D eigenvalue weighted by molar-refractivity contribution is 0.352. The van der Waals surface area contributed by atoms with Gasteiger partial charge in [-0.05, 0) is 23.5 Å². The molecule has 1 unspecified atom stereocenters. The summed E-state index contributed by atoms with van der Waals surface area (Å²) in [6.45, 7) is 3.00. The van der Waals surface area contributed by atoms with Gasteiger partial charge in [-0.25, -0.2) is 0 Å². The molecule has 1 atom stereocenters. The molecule has 0 bridgehead atoms. The normalized spacial score (nSPS) is 16.1. The van der Waals surface area contributed by atoms with E-state index in [1.54, 1.807) is 0 Å². The maximum atomic E-state index is 5.81. The first kappa shape index (κ1) is 9.85. The molecule has 0 radical (unpaired) electrons. The van der Waals surface area contributed by atoms with Crippen LogP contribution in [0.4, 0.5) is 0 Å². The van der Waals surface area contributed by atoms with Crippen molar-refractivity contribution in [2.24, 2.45) is 5.92 Å². The van der Waals surface area contributed by atoms with Crippen LogP contribution in [-0.4, -0.2) is 12.5 Å². The first-order chi connectivity index (χ1) is 6.81. The van der Waals surface area contributed by atoms with Crippen molar-refractivity contribution >= 4 is 11.6 Å². The molecule has 0 fully saturated rings. The van der Waals surface area contributed by atoms with Gasteiger partial charge < -0.3 is 4.74 Å². The standard InChI is InChI=1S/C12H15ClO/c1-9(8-13)7-11-4-2-3-10-5-6-14-12(10)11/h2-4,9H,5-8H2,1H3. The molecule has 76 valence electrons. The highest BCUT2D eigenvalue weighted by atomic mass is 35.5. The van der Waals surface area contributed by atoms with Crippen LogP contribution in [-0.2, 0) is 12.8 Å². The van der Waals surface area contributed by atoms with Crippen LogP contribution >= 0.6 is 11.6 Å². The summed E-state index contributed by atoms with van der Waals surface area (Å²) in [5.74, 6) is 2.35. The van der Waals surface area contributed by atoms with E-state index in [2.05, 4.69) is 25.1 Å². The topological polar surface area (TPSA) is 9.23 Å². The van der Waals surface area contributed by atoms with Crippen LogP contribution < -0.4 is 4.74 Å². The average Bonchev–Trinajstić information content (AvgIpc) is 2.66. The molecule has 2 heteroatoms. The van der Waals surface area contributed by atoms with Crippen LogP contribution in [0.1, 0.15) is 18.1 Å². The van der Waals surface area contributed by atoms with Gasteiger partial charge in [0.05, 0.1) is 6.61 Å². The molecule has 0 N–H and O–H groups in total. The first-order valence-electron chi connectivity index (χ1n) is 5.11. The number of rotatable bonds is 3. The number of hydrogen-bond acceptors (Lipinski definition) is 1. The molecule has 1 aliphatic heterocycles. The SMILES string of the molecule is CC(CCl)Cc1cccc2c1OCC2. The third-order valence-corrected chi connectivity index (χ3v) is 3.15. The molecule has 0 amide bonds. The second-order valence-electron chi connectivity index (χ2n) is 3.97. The van der Waals surface area contributed by atoms with Crippen molar-refractivity contribution in [3.05, 3.63) is 29.3 Å². The van der Waals surface area contributed by atoms with Crippen LogP contribution in [0.5, 0.6) is 5.75 Å². The average molecular weight is 211 g/mol. The maximum absolute atomic E-state index is 5.81. The van der Waals surface area contributed by atoms with Crippen LogP contribution in [0.3, 0.4) is 0 Å². The summed E-state index contributed by atoms with van der Waals surface area (Å²) < 4.78 is 5.63. The van der Waals surface area contributed by atoms with E-state index in [-0.39, 0.29) is 0 Å². The lowest BCUT2D eigenvalue weighted by atomic mass is 9.99. The summed E-state index contributed by atoms with van der Waals surface area (Å²) in [6, 6.07) is 6.41. The lowest BCUT2D eigenvalue weighted by Gasteiger charge is -2.11. The fourth-order valence-electron chi connectivity index (χ4n) is 1.87. The minimum atomic E-state index is 0.521. The number of para-hydroxylation sites is 1. The van der Waals surface area contributed by atoms with Gasteiger partial charge in [-0.3, -0.25) is 0 Å². The molecule has 1 aromatic rings. The molecule has 1 heterocycles. The Balaban J connectivity index is 2.22. The Bertz CT molecular complexity index is 322. The lowest BCUT2D eigenvalue weighted by Crippen LogP contribution is -2.02. The highest BCUT2D eigenvalue weighted by Crippen LogP contribution is 2.30. The number of alkyl halides is 1. The third-order valence-electron chi connectivity index (χ3n) is 2.63. The molecule has 14 heavy (non-hydrogen) atoms. The Hall–Kier alpha value is -0.690. The Morgan fingerprint density at radius 1 is 1.50 bits per heavy atom. The van der Waals surface area contributed by atoms with Crippen LogP contribution in [0.25, 0.3) is 0 Å². The predicted octanol–water partition coefficient (Wildman–Crippen LogP) is 3.04. The van der Waals surface area contributed by atoms with Crippen molar-refractivity contribution in [3.8, 4) is 5.75 Å².